The fourth-order valence-electron chi connectivity index (χ4n) is 12.5. The second-order valence-corrected chi connectivity index (χ2v) is 23.4. The third kappa shape index (κ3) is 9.23. The number of aryl methyl sites for hydroxylation is 2. The van der Waals surface area contributed by atoms with Gasteiger partial charge >= 0.3 is 21.1 Å². The van der Waals surface area contributed by atoms with Crippen molar-refractivity contribution in [3.63, 3.8) is 0 Å². The molecule has 5 heterocycles. The summed E-state index contributed by atoms with van der Waals surface area (Å²) in [5.74, 6) is 3.20. The van der Waals surface area contributed by atoms with Gasteiger partial charge in [0.2, 0.25) is 0 Å². The van der Waals surface area contributed by atoms with Crippen LogP contribution in [0, 0.1) is 26.0 Å². The van der Waals surface area contributed by atoms with Crippen molar-refractivity contribution in [2.75, 3.05) is 0 Å². The Labute approximate surface area is 504 Å². The zero-order chi connectivity index (χ0) is 56.9. The number of imidazole rings is 2. The summed E-state index contributed by atoms with van der Waals surface area (Å²) in [7, 11) is 0. The topological polar surface area (TPSA) is 84.0 Å². The standard InChI is InChI=1S/C75H63N5O3.Pt/c1-42(2)55-34-51(48-22-13-11-14-23-48)35-56(43(3)4)71(55)79-65-30-19-17-28-63(65)77-74(79)50-26-21-27-53(33-50)81-54-38-60-59-40-61-68(82-69-32-46(9)76-47(10)70(61)69)41-67(59)83-73(60)62(39-54)75-78-64-29-18-20-31-66(64)80(75)72-57(44(5)6)36-52(37-58(72)45(7)8)49-24-15-12-16-25-49;/h11-32,34-38,40-45H,1-10H3;/q-2;+2. The summed E-state index contributed by atoms with van der Waals surface area (Å²) in [6.45, 7) is 22.3. The summed E-state index contributed by atoms with van der Waals surface area (Å²) >= 11 is 0. The van der Waals surface area contributed by atoms with Crippen LogP contribution in [0.25, 0.3) is 122 Å². The minimum absolute atomic E-state index is 0. The van der Waals surface area contributed by atoms with Gasteiger partial charge in [0, 0.05) is 62.6 Å². The molecule has 0 unspecified atom stereocenters. The Morgan fingerprint density at radius 3 is 1.50 bits per heavy atom. The number of furan rings is 2. The predicted molar refractivity (Wildman–Crippen MR) is 340 cm³/mol. The number of aromatic nitrogens is 5. The smallest absolute Gasteiger partial charge is 0.500 e. The van der Waals surface area contributed by atoms with Gasteiger partial charge in [-0.3, -0.25) is 15.0 Å². The van der Waals surface area contributed by atoms with Gasteiger partial charge in [0.25, 0.3) is 0 Å². The molecule has 14 rings (SSSR count). The van der Waals surface area contributed by atoms with Gasteiger partial charge in [0.1, 0.15) is 16.7 Å². The van der Waals surface area contributed by atoms with E-state index in [1.807, 2.05) is 44.2 Å². The number of para-hydroxylation sites is 4. The molecule has 416 valence electrons. The monoisotopic (exact) mass is 1280 g/mol. The maximum absolute atomic E-state index is 7.17. The van der Waals surface area contributed by atoms with Crippen LogP contribution in [0.15, 0.2) is 185 Å². The van der Waals surface area contributed by atoms with E-state index in [9.17, 15) is 0 Å². The Morgan fingerprint density at radius 2 is 0.940 bits per heavy atom. The van der Waals surface area contributed by atoms with E-state index in [1.54, 1.807) is 0 Å². The van der Waals surface area contributed by atoms with Crippen LogP contribution in [0.5, 0.6) is 11.5 Å². The molecule has 9 aromatic carbocycles. The molecule has 0 radical (unpaired) electrons. The number of hydrogen-bond donors (Lipinski definition) is 0. The molecule has 0 aliphatic heterocycles. The molecule has 0 aliphatic rings. The van der Waals surface area contributed by atoms with Gasteiger partial charge in [0.15, 0.2) is 0 Å². The van der Waals surface area contributed by atoms with Crippen molar-refractivity contribution in [2.45, 2.75) is 92.9 Å². The summed E-state index contributed by atoms with van der Waals surface area (Å²) in [5, 5.41) is 3.70. The molecule has 0 saturated heterocycles. The van der Waals surface area contributed by atoms with Crippen molar-refractivity contribution in [1.82, 2.24) is 24.1 Å². The average Bonchev–Trinajstić information content (AvgIpc) is 4.45. The van der Waals surface area contributed by atoms with Crippen molar-refractivity contribution in [3.05, 3.63) is 222 Å². The largest absolute Gasteiger partial charge is 2.00 e. The molecule has 0 bridgehead atoms. The molecule has 0 atom stereocenters. The van der Waals surface area contributed by atoms with E-state index in [0.717, 1.165) is 88.9 Å². The quantitative estimate of drug-likeness (QED) is 0.113. The first-order chi connectivity index (χ1) is 40.3. The van der Waals surface area contributed by atoms with Gasteiger partial charge < -0.3 is 22.7 Å². The van der Waals surface area contributed by atoms with Crippen LogP contribution in [0.4, 0.5) is 0 Å². The Morgan fingerprint density at radius 1 is 0.429 bits per heavy atom. The maximum Gasteiger partial charge on any atom is 2.00 e. The van der Waals surface area contributed by atoms with E-state index in [1.165, 1.54) is 44.5 Å². The zero-order valence-electron chi connectivity index (χ0n) is 48.8. The number of ether oxygens (including phenoxy) is 1. The van der Waals surface area contributed by atoms with E-state index in [2.05, 4.69) is 222 Å². The fourth-order valence-corrected chi connectivity index (χ4v) is 12.5. The summed E-state index contributed by atoms with van der Waals surface area (Å²) in [4.78, 5) is 15.8. The number of benzene rings is 9. The third-order valence-electron chi connectivity index (χ3n) is 16.4. The van der Waals surface area contributed by atoms with Crippen LogP contribution in [0.1, 0.15) is 113 Å². The number of nitrogens with zero attached hydrogens (tertiary/aromatic N) is 5. The van der Waals surface area contributed by atoms with Crippen molar-refractivity contribution >= 4 is 65.9 Å². The minimum atomic E-state index is 0. The molecule has 0 aliphatic carbocycles. The van der Waals surface area contributed by atoms with Crippen LogP contribution in [0.3, 0.4) is 0 Å². The van der Waals surface area contributed by atoms with E-state index >= 15 is 0 Å². The minimum Gasteiger partial charge on any atom is -0.500 e. The zero-order valence-corrected chi connectivity index (χ0v) is 51.1. The molecular weight excluding hydrogens is 1210 g/mol. The van der Waals surface area contributed by atoms with E-state index in [-0.39, 0.29) is 44.7 Å². The van der Waals surface area contributed by atoms with Crippen LogP contribution in [0.2, 0.25) is 0 Å². The Bertz CT molecular complexity index is 4810. The fraction of sp³-hybridized carbons (Fsp3) is 0.187. The molecule has 14 aromatic rings. The SMILES string of the molecule is Cc1cc2oc3cc4oc5c(-c6nc7ccccc7n6-c6c(C(C)C)cc(-c7ccccc7)cc6C(C)C)[c-]c(Oc6[c-]c(-c7nc8ccccc8n7-c7c(C(C)C)cc(-c8ccccc8)cc7C(C)C)ccc6)cc5c4cc3c2c(C)n1.[Pt+2]. The van der Waals surface area contributed by atoms with Crippen LogP contribution in [-0.4, -0.2) is 24.1 Å². The molecular formula is C75H63N5O3Pt. The van der Waals surface area contributed by atoms with Gasteiger partial charge in [-0.1, -0.05) is 169 Å². The summed E-state index contributed by atoms with van der Waals surface area (Å²) in [6, 6.07) is 69.5. The predicted octanol–water partition coefficient (Wildman–Crippen LogP) is 20.7. The molecule has 9 heteroatoms. The molecule has 0 amide bonds. The summed E-state index contributed by atoms with van der Waals surface area (Å²) in [6.07, 6.45) is 0. The number of hydrogen-bond acceptors (Lipinski definition) is 6. The normalized spacial score (nSPS) is 12.0. The average molecular weight is 1280 g/mol. The van der Waals surface area contributed by atoms with Crippen LogP contribution in [-0.2, 0) is 21.1 Å². The van der Waals surface area contributed by atoms with Crippen molar-refractivity contribution in [2.24, 2.45) is 0 Å². The molecule has 5 aromatic heterocycles. The van der Waals surface area contributed by atoms with E-state index in [0.29, 0.717) is 34.1 Å². The molecule has 0 spiro atoms. The van der Waals surface area contributed by atoms with Crippen molar-refractivity contribution in [3.8, 4) is 67.9 Å². The van der Waals surface area contributed by atoms with E-state index < -0.39 is 0 Å². The van der Waals surface area contributed by atoms with Gasteiger partial charge in [0.05, 0.1) is 39.3 Å². The Hall–Kier alpha value is -8.84. The first kappa shape index (κ1) is 54.4. The Kier molecular flexibility index (Phi) is 13.9. The summed E-state index contributed by atoms with van der Waals surface area (Å²) in [5.41, 5.74) is 21.8. The molecule has 0 N–H and O–H groups in total. The molecule has 84 heavy (non-hydrogen) atoms. The molecule has 0 saturated carbocycles. The van der Waals surface area contributed by atoms with Crippen LogP contribution >= 0.6 is 0 Å². The first-order valence-electron chi connectivity index (χ1n) is 29.0. The Balaban J connectivity index is 0.00000658. The number of fused-ring (bicyclic) bond motifs is 8. The number of rotatable bonds is 12. The summed E-state index contributed by atoms with van der Waals surface area (Å²) < 4.78 is 25.6. The third-order valence-corrected chi connectivity index (χ3v) is 16.4. The molecule has 8 nitrogen and oxygen atoms in total. The van der Waals surface area contributed by atoms with Crippen LogP contribution < -0.4 is 4.74 Å². The maximum atomic E-state index is 7.17. The van der Waals surface area contributed by atoms with Gasteiger partial charge in [-0.2, -0.15) is 0 Å². The van der Waals surface area contributed by atoms with E-state index in [4.69, 9.17) is 28.5 Å². The van der Waals surface area contributed by atoms with Crippen molar-refractivity contribution in [1.29, 1.82) is 0 Å². The first-order valence-corrected chi connectivity index (χ1v) is 29.0. The van der Waals surface area contributed by atoms with Gasteiger partial charge in [-0.15, -0.1) is 23.8 Å². The van der Waals surface area contributed by atoms with Crippen molar-refractivity contribution < 1.29 is 34.6 Å². The number of pyridine rings is 1. The van der Waals surface area contributed by atoms with Gasteiger partial charge in [-0.25, -0.2) is 0 Å². The molecule has 0 fully saturated rings. The second kappa shape index (κ2) is 21.4. The second-order valence-electron chi connectivity index (χ2n) is 23.4. The van der Waals surface area contributed by atoms with Gasteiger partial charge in [-0.05, 0) is 137 Å².